The number of likely N-dealkylation sites (tertiary alicyclic amines) is 1. The molecule has 2 heterocycles. The lowest BCUT2D eigenvalue weighted by atomic mass is 9.99. The first-order valence-electron chi connectivity index (χ1n) is 6.18. The van der Waals surface area contributed by atoms with Crippen LogP contribution < -0.4 is 0 Å². The summed E-state index contributed by atoms with van der Waals surface area (Å²) in [6.45, 7) is 6.07. The molecule has 2 saturated heterocycles. The number of nitrogens with zero attached hydrogens (tertiary/aromatic N) is 1. The first-order chi connectivity index (χ1) is 7.59. The van der Waals surface area contributed by atoms with E-state index in [0.717, 1.165) is 13.1 Å². The lowest BCUT2D eigenvalue weighted by Crippen LogP contribution is -2.42. The van der Waals surface area contributed by atoms with Crippen LogP contribution >= 0.6 is 11.8 Å². The standard InChI is InChI=1S/C12H21NO2S/c1-8-6-13(7-10(8)12(14)15)11-4-3-5-16-9(11)2/h8-11H,3-7H2,1-2H3,(H,14,15)/t8-,9?,10-,11?/m1/s1. The Hall–Kier alpha value is -0.220. The number of carboxylic acid groups (broad SMARTS) is 1. The molecule has 0 spiro atoms. The largest absolute Gasteiger partial charge is 0.481 e. The molecule has 2 aliphatic heterocycles. The number of carboxylic acids is 1. The maximum absolute atomic E-state index is 11.1. The molecule has 0 amide bonds. The second-order valence-corrected chi connectivity index (χ2v) is 6.65. The molecule has 2 aliphatic rings. The molecule has 2 unspecified atom stereocenters. The van der Waals surface area contributed by atoms with E-state index in [2.05, 4.69) is 18.7 Å². The van der Waals surface area contributed by atoms with Crippen molar-refractivity contribution in [3.8, 4) is 0 Å². The van der Waals surface area contributed by atoms with E-state index in [1.807, 2.05) is 11.8 Å². The van der Waals surface area contributed by atoms with Gasteiger partial charge in [-0.25, -0.2) is 0 Å². The van der Waals surface area contributed by atoms with E-state index in [-0.39, 0.29) is 5.92 Å². The molecule has 16 heavy (non-hydrogen) atoms. The van der Waals surface area contributed by atoms with Gasteiger partial charge in [-0.3, -0.25) is 9.69 Å². The van der Waals surface area contributed by atoms with Crippen molar-refractivity contribution in [3.63, 3.8) is 0 Å². The van der Waals surface area contributed by atoms with Crippen LogP contribution in [0.15, 0.2) is 0 Å². The molecule has 0 bridgehead atoms. The number of thioether (sulfide) groups is 1. The zero-order valence-corrected chi connectivity index (χ0v) is 10.9. The molecule has 4 heteroatoms. The Bertz CT molecular complexity index is 272. The van der Waals surface area contributed by atoms with Crippen molar-refractivity contribution in [3.05, 3.63) is 0 Å². The highest BCUT2D eigenvalue weighted by Crippen LogP contribution is 2.33. The Morgan fingerprint density at radius 2 is 2.12 bits per heavy atom. The number of hydrogen-bond acceptors (Lipinski definition) is 3. The number of rotatable bonds is 2. The number of aliphatic carboxylic acids is 1. The van der Waals surface area contributed by atoms with Crippen molar-refractivity contribution < 1.29 is 9.90 Å². The molecule has 2 rings (SSSR count). The molecule has 0 saturated carbocycles. The van der Waals surface area contributed by atoms with Crippen LogP contribution in [0.4, 0.5) is 0 Å². The summed E-state index contributed by atoms with van der Waals surface area (Å²) < 4.78 is 0. The molecule has 1 N–H and O–H groups in total. The molecule has 0 aromatic rings. The van der Waals surface area contributed by atoms with Crippen LogP contribution in [0.5, 0.6) is 0 Å². The van der Waals surface area contributed by atoms with Crippen molar-refractivity contribution in [2.45, 2.75) is 38.0 Å². The van der Waals surface area contributed by atoms with Crippen LogP contribution in [0.3, 0.4) is 0 Å². The zero-order valence-electron chi connectivity index (χ0n) is 10.1. The van der Waals surface area contributed by atoms with Gasteiger partial charge in [0.2, 0.25) is 0 Å². The Kier molecular flexibility index (Phi) is 3.80. The normalized spacial score (nSPS) is 41.1. The van der Waals surface area contributed by atoms with Gasteiger partial charge in [-0.05, 0) is 24.5 Å². The summed E-state index contributed by atoms with van der Waals surface area (Å²) >= 11 is 2.03. The summed E-state index contributed by atoms with van der Waals surface area (Å²) in [5.41, 5.74) is 0. The molecule has 0 aliphatic carbocycles. The van der Waals surface area contributed by atoms with Gasteiger partial charge in [0.05, 0.1) is 5.92 Å². The molecule has 0 radical (unpaired) electrons. The van der Waals surface area contributed by atoms with E-state index in [1.165, 1.54) is 18.6 Å². The summed E-state index contributed by atoms with van der Waals surface area (Å²) in [5.74, 6) is 0.797. The van der Waals surface area contributed by atoms with Crippen LogP contribution in [0.1, 0.15) is 26.7 Å². The van der Waals surface area contributed by atoms with Gasteiger partial charge < -0.3 is 5.11 Å². The fourth-order valence-electron chi connectivity index (χ4n) is 2.98. The van der Waals surface area contributed by atoms with Gasteiger partial charge in [-0.2, -0.15) is 11.8 Å². The predicted octanol–water partition coefficient (Wildman–Crippen LogP) is 1.92. The first-order valence-corrected chi connectivity index (χ1v) is 7.23. The summed E-state index contributed by atoms with van der Waals surface area (Å²) in [6, 6.07) is 0.602. The summed E-state index contributed by atoms with van der Waals surface area (Å²) in [7, 11) is 0. The van der Waals surface area contributed by atoms with Crippen LogP contribution in [0, 0.1) is 11.8 Å². The Labute approximate surface area is 102 Å². The van der Waals surface area contributed by atoms with Gasteiger partial charge in [0.1, 0.15) is 0 Å². The van der Waals surface area contributed by atoms with Crippen molar-refractivity contribution in [1.29, 1.82) is 0 Å². The van der Waals surface area contributed by atoms with Crippen molar-refractivity contribution in [1.82, 2.24) is 4.90 Å². The molecule has 3 nitrogen and oxygen atoms in total. The van der Waals surface area contributed by atoms with E-state index < -0.39 is 5.97 Å². The minimum atomic E-state index is -0.619. The highest BCUT2D eigenvalue weighted by molar-refractivity contribution is 7.99. The van der Waals surface area contributed by atoms with E-state index in [0.29, 0.717) is 17.2 Å². The van der Waals surface area contributed by atoms with E-state index >= 15 is 0 Å². The fourth-order valence-corrected chi connectivity index (χ4v) is 4.22. The third-order valence-corrected chi connectivity index (χ3v) is 5.36. The van der Waals surface area contributed by atoms with Gasteiger partial charge in [0, 0.05) is 24.4 Å². The van der Waals surface area contributed by atoms with E-state index in [4.69, 9.17) is 5.11 Å². The third-order valence-electron chi connectivity index (χ3n) is 3.99. The molecule has 92 valence electrons. The van der Waals surface area contributed by atoms with Gasteiger partial charge in [-0.15, -0.1) is 0 Å². The monoisotopic (exact) mass is 243 g/mol. The summed E-state index contributed by atoms with van der Waals surface area (Å²) in [6.07, 6.45) is 2.52. The van der Waals surface area contributed by atoms with Crippen molar-refractivity contribution >= 4 is 17.7 Å². The van der Waals surface area contributed by atoms with Crippen LogP contribution in [0.2, 0.25) is 0 Å². The highest BCUT2D eigenvalue weighted by Gasteiger charge is 2.39. The maximum Gasteiger partial charge on any atom is 0.308 e. The Morgan fingerprint density at radius 1 is 1.38 bits per heavy atom. The third kappa shape index (κ3) is 2.38. The lowest BCUT2D eigenvalue weighted by Gasteiger charge is -2.35. The van der Waals surface area contributed by atoms with E-state index in [1.54, 1.807) is 0 Å². The number of hydrogen-bond donors (Lipinski definition) is 1. The quantitative estimate of drug-likeness (QED) is 0.804. The number of carbonyl (C=O) groups is 1. The van der Waals surface area contributed by atoms with Crippen molar-refractivity contribution in [2.75, 3.05) is 18.8 Å². The van der Waals surface area contributed by atoms with Gasteiger partial charge in [0.15, 0.2) is 0 Å². The highest BCUT2D eigenvalue weighted by atomic mass is 32.2. The SMILES string of the molecule is CC1SCCCC1N1C[C@@H](C)[C@H](C(=O)O)C1. The van der Waals surface area contributed by atoms with Crippen LogP contribution in [-0.4, -0.2) is 46.1 Å². The summed E-state index contributed by atoms with van der Waals surface area (Å²) in [5, 5.41) is 9.79. The fraction of sp³-hybridized carbons (Fsp3) is 0.917. The topological polar surface area (TPSA) is 40.5 Å². The first kappa shape index (κ1) is 12.2. The molecular weight excluding hydrogens is 222 g/mol. The molecule has 0 aromatic carbocycles. The van der Waals surface area contributed by atoms with Crippen LogP contribution in [0.25, 0.3) is 0 Å². The Balaban J connectivity index is 1.98. The average Bonchev–Trinajstić information content (AvgIpc) is 2.61. The minimum Gasteiger partial charge on any atom is -0.481 e. The molecular formula is C12H21NO2S. The van der Waals surface area contributed by atoms with Crippen LogP contribution in [-0.2, 0) is 4.79 Å². The van der Waals surface area contributed by atoms with Gasteiger partial charge >= 0.3 is 5.97 Å². The van der Waals surface area contributed by atoms with Gasteiger partial charge in [0.25, 0.3) is 0 Å². The molecule has 0 aromatic heterocycles. The summed E-state index contributed by atoms with van der Waals surface area (Å²) in [4.78, 5) is 13.5. The smallest absolute Gasteiger partial charge is 0.308 e. The molecule has 4 atom stereocenters. The average molecular weight is 243 g/mol. The molecule has 2 fully saturated rings. The Morgan fingerprint density at radius 3 is 2.69 bits per heavy atom. The zero-order chi connectivity index (χ0) is 11.7. The van der Waals surface area contributed by atoms with Crippen molar-refractivity contribution in [2.24, 2.45) is 11.8 Å². The predicted molar refractivity (Wildman–Crippen MR) is 66.8 cm³/mol. The van der Waals surface area contributed by atoms with Gasteiger partial charge in [-0.1, -0.05) is 13.8 Å². The second kappa shape index (κ2) is 4.96. The lowest BCUT2D eigenvalue weighted by molar-refractivity contribution is -0.142. The second-order valence-electron chi connectivity index (χ2n) is 5.16. The minimum absolute atomic E-state index is 0.154. The maximum atomic E-state index is 11.1. The van der Waals surface area contributed by atoms with E-state index in [9.17, 15) is 4.79 Å².